The Kier molecular flexibility index (Phi) is 5.78. The van der Waals surface area contributed by atoms with Crippen molar-refractivity contribution in [1.29, 1.82) is 0 Å². The predicted octanol–water partition coefficient (Wildman–Crippen LogP) is 1.70. The van der Waals surface area contributed by atoms with E-state index in [-0.39, 0.29) is 0 Å². The van der Waals surface area contributed by atoms with E-state index >= 15 is 0 Å². The van der Waals surface area contributed by atoms with Crippen LogP contribution in [0.2, 0.25) is 0 Å². The fourth-order valence-electron chi connectivity index (χ4n) is 1.60. The molecule has 0 amide bonds. The van der Waals surface area contributed by atoms with E-state index in [1.165, 1.54) is 5.56 Å². The molecule has 0 saturated heterocycles. The Morgan fingerprint density at radius 1 is 1.17 bits per heavy atom. The number of likely N-dealkylation sites (N-methyl/N-ethyl adjacent to an activating group) is 1. The minimum atomic E-state index is -3.37. The van der Waals surface area contributed by atoms with Gasteiger partial charge in [0.1, 0.15) is 0 Å². The van der Waals surface area contributed by atoms with Crippen LogP contribution in [0.15, 0.2) is 29.2 Å². The largest absolute Gasteiger partial charge is 0.318 e. The molecule has 0 spiro atoms. The second kappa shape index (κ2) is 6.87. The minimum absolute atomic E-state index is 0.325. The van der Waals surface area contributed by atoms with Crippen LogP contribution in [0.1, 0.15) is 31.7 Å². The quantitative estimate of drug-likeness (QED) is 0.741. The van der Waals surface area contributed by atoms with E-state index in [2.05, 4.69) is 23.9 Å². The molecular weight excluding hydrogens is 248 g/mol. The van der Waals surface area contributed by atoms with Crippen molar-refractivity contribution in [3.8, 4) is 0 Å². The Morgan fingerprint density at radius 3 is 2.28 bits per heavy atom. The van der Waals surface area contributed by atoms with Gasteiger partial charge in [-0.2, -0.15) is 0 Å². The molecule has 0 fully saturated rings. The van der Waals surface area contributed by atoms with Crippen LogP contribution in [-0.4, -0.2) is 28.6 Å². The van der Waals surface area contributed by atoms with Crippen molar-refractivity contribution in [3.05, 3.63) is 29.8 Å². The fourth-order valence-corrected chi connectivity index (χ4v) is 2.64. The topological polar surface area (TPSA) is 58.2 Å². The maximum Gasteiger partial charge on any atom is 0.240 e. The minimum Gasteiger partial charge on any atom is -0.318 e. The molecule has 0 aliphatic rings. The van der Waals surface area contributed by atoms with Crippen molar-refractivity contribution in [2.45, 2.75) is 31.1 Å². The Bertz CT molecular complexity index is 454. The molecule has 0 bridgehead atoms. The molecule has 2 N–H and O–H groups in total. The van der Waals surface area contributed by atoms with E-state index in [1.54, 1.807) is 19.2 Å². The summed E-state index contributed by atoms with van der Waals surface area (Å²) >= 11 is 0. The van der Waals surface area contributed by atoms with Crippen LogP contribution in [0.5, 0.6) is 0 Å². The highest BCUT2D eigenvalue weighted by Crippen LogP contribution is 2.20. The Balaban J connectivity index is 2.78. The van der Waals surface area contributed by atoms with Gasteiger partial charge in [0.05, 0.1) is 4.90 Å². The van der Waals surface area contributed by atoms with Gasteiger partial charge in [-0.25, -0.2) is 13.1 Å². The van der Waals surface area contributed by atoms with Gasteiger partial charge in [0.2, 0.25) is 10.0 Å². The van der Waals surface area contributed by atoms with Crippen LogP contribution in [-0.2, 0) is 10.0 Å². The van der Waals surface area contributed by atoms with Gasteiger partial charge in [-0.15, -0.1) is 0 Å². The molecule has 0 aliphatic carbocycles. The van der Waals surface area contributed by atoms with Gasteiger partial charge in [-0.3, -0.25) is 0 Å². The van der Waals surface area contributed by atoms with Gasteiger partial charge in [-0.05, 0) is 37.1 Å². The average Bonchev–Trinajstić information content (AvgIpc) is 2.38. The monoisotopic (exact) mass is 270 g/mol. The van der Waals surface area contributed by atoms with E-state index in [0.29, 0.717) is 23.9 Å². The van der Waals surface area contributed by atoms with Gasteiger partial charge >= 0.3 is 0 Å². The zero-order valence-corrected chi connectivity index (χ0v) is 12.0. The molecule has 0 heterocycles. The first-order chi connectivity index (χ1) is 8.51. The van der Waals surface area contributed by atoms with Crippen molar-refractivity contribution < 1.29 is 8.42 Å². The van der Waals surface area contributed by atoms with Gasteiger partial charge in [0.15, 0.2) is 0 Å². The van der Waals surface area contributed by atoms with Gasteiger partial charge in [0, 0.05) is 13.1 Å². The molecule has 0 aliphatic heterocycles. The molecule has 1 atom stereocenters. The summed E-state index contributed by atoms with van der Waals surface area (Å²) < 4.78 is 26.4. The number of hydrogen-bond acceptors (Lipinski definition) is 3. The van der Waals surface area contributed by atoms with Crippen LogP contribution >= 0.6 is 0 Å². The maximum absolute atomic E-state index is 11.9. The van der Waals surface area contributed by atoms with E-state index in [9.17, 15) is 8.42 Å². The molecular formula is C13H22N2O2S. The van der Waals surface area contributed by atoms with Crippen molar-refractivity contribution in [2.75, 3.05) is 20.1 Å². The summed E-state index contributed by atoms with van der Waals surface area (Å²) in [5.74, 6) is 0.457. The summed E-state index contributed by atoms with van der Waals surface area (Å²) in [5.41, 5.74) is 1.17. The van der Waals surface area contributed by atoms with Crippen LogP contribution < -0.4 is 10.0 Å². The lowest BCUT2D eigenvalue weighted by Crippen LogP contribution is -2.30. The van der Waals surface area contributed by atoms with E-state index < -0.39 is 10.0 Å². The third-order valence-corrected chi connectivity index (χ3v) is 4.52. The zero-order valence-electron chi connectivity index (χ0n) is 11.2. The summed E-state index contributed by atoms with van der Waals surface area (Å²) in [4.78, 5) is 0.325. The number of sulfonamides is 1. The first-order valence-electron chi connectivity index (χ1n) is 6.25. The Morgan fingerprint density at radius 2 is 1.78 bits per heavy atom. The lowest BCUT2D eigenvalue weighted by molar-refractivity contribution is 0.579. The lowest BCUT2D eigenvalue weighted by atomic mass is 9.99. The molecule has 102 valence electrons. The summed E-state index contributed by atoms with van der Waals surface area (Å²) in [5, 5.41) is 2.90. The second-order valence-corrected chi connectivity index (χ2v) is 6.15. The average molecular weight is 270 g/mol. The first kappa shape index (κ1) is 15.1. The summed E-state index contributed by atoms with van der Waals surface area (Å²) in [7, 11) is -1.58. The van der Waals surface area contributed by atoms with Crippen LogP contribution in [0, 0.1) is 0 Å². The van der Waals surface area contributed by atoms with Gasteiger partial charge in [0.25, 0.3) is 0 Å². The van der Waals surface area contributed by atoms with E-state index in [1.807, 2.05) is 12.1 Å². The molecule has 0 aromatic heterocycles. The molecule has 1 rings (SSSR count). The fraction of sp³-hybridized carbons (Fsp3) is 0.538. The Labute approximate surface area is 110 Å². The van der Waals surface area contributed by atoms with Crippen molar-refractivity contribution >= 4 is 10.0 Å². The second-order valence-electron chi connectivity index (χ2n) is 4.38. The van der Waals surface area contributed by atoms with E-state index in [4.69, 9.17) is 0 Å². The predicted molar refractivity (Wildman–Crippen MR) is 74.3 cm³/mol. The number of benzene rings is 1. The maximum atomic E-state index is 11.9. The molecule has 1 aromatic rings. The Hall–Kier alpha value is -0.910. The molecule has 1 unspecified atom stereocenters. The van der Waals surface area contributed by atoms with Gasteiger partial charge < -0.3 is 5.32 Å². The SMILES string of the molecule is CCC(C)c1ccc(S(=O)(=O)NCCNC)cc1. The highest BCUT2D eigenvalue weighted by molar-refractivity contribution is 7.89. The number of rotatable bonds is 7. The van der Waals surface area contributed by atoms with Crippen LogP contribution in [0.4, 0.5) is 0 Å². The van der Waals surface area contributed by atoms with Crippen LogP contribution in [0.3, 0.4) is 0 Å². The highest BCUT2D eigenvalue weighted by atomic mass is 32.2. The standard InChI is InChI=1S/C13H22N2O2S/c1-4-11(2)12-5-7-13(8-6-12)18(16,17)15-10-9-14-3/h5-8,11,14-15H,4,9-10H2,1-3H3. The van der Waals surface area contributed by atoms with E-state index in [0.717, 1.165) is 6.42 Å². The highest BCUT2D eigenvalue weighted by Gasteiger charge is 2.13. The summed E-state index contributed by atoms with van der Waals surface area (Å²) in [6, 6.07) is 7.12. The van der Waals surface area contributed by atoms with Crippen LogP contribution in [0.25, 0.3) is 0 Å². The summed E-state index contributed by atoms with van der Waals surface area (Å²) in [6.07, 6.45) is 1.05. The first-order valence-corrected chi connectivity index (χ1v) is 7.73. The molecule has 5 heteroatoms. The van der Waals surface area contributed by atoms with Crippen molar-refractivity contribution in [2.24, 2.45) is 0 Å². The zero-order chi connectivity index (χ0) is 13.6. The summed E-state index contributed by atoms with van der Waals surface area (Å²) in [6.45, 7) is 5.26. The lowest BCUT2D eigenvalue weighted by Gasteiger charge is -2.10. The third-order valence-electron chi connectivity index (χ3n) is 3.04. The molecule has 1 aromatic carbocycles. The number of nitrogens with one attached hydrogen (secondary N) is 2. The molecule has 4 nitrogen and oxygen atoms in total. The van der Waals surface area contributed by atoms with Crippen molar-refractivity contribution in [3.63, 3.8) is 0 Å². The van der Waals surface area contributed by atoms with Crippen molar-refractivity contribution in [1.82, 2.24) is 10.0 Å². The molecule has 0 radical (unpaired) electrons. The molecule has 18 heavy (non-hydrogen) atoms. The van der Waals surface area contributed by atoms with Gasteiger partial charge in [-0.1, -0.05) is 26.0 Å². The molecule has 0 saturated carbocycles. The number of hydrogen-bond donors (Lipinski definition) is 2. The normalized spacial score (nSPS) is 13.5. The smallest absolute Gasteiger partial charge is 0.240 e. The third kappa shape index (κ3) is 4.08.